The minimum atomic E-state index is 0.308. The molecular weight excluding hydrogens is 627 g/mol. The zero-order valence-corrected chi connectivity index (χ0v) is 34.7. The van der Waals surface area contributed by atoms with Gasteiger partial charge in [-0.3, -0.25) is 0 Å². The Bertz CT molecular complexity index is 902. The number of nitrogens with one attached hydrogen (secondary N) is 1. The molecule has 51 heavy (non-hydrogen) atoms. The summed E-state index contributed by atoms with van der Waals surface area (Å²) in [6.07, 6.45) is 36.3. The Balaban J connectivity index is 1.16. The van der Waals surface area contributed by atoms with Crippen LogP contribution in [-0.2, 0) is 9.47 Å². The largest absolute Gasteiger partial charge is 0.378 e. The van der Waals surface area contributed by atoms with Gasteiger partial charge in [-0.15, -0.1) is 0 Å². The van der Waals surface area contributed by atoms with Crippen LogP contribution >= 0.6 is 0 Å². The van der Waals surface area contributed by atoms with E-state index in [1.807, 2.05) is 0 Å². The van der Waals surface area contributed by atoms with Crippen molar-refractivity contribution in [1.29, 1.82) is 0 Å². The van der Waals surface area contributed by atoms with Crippen LogP contribution in [0.3, 0.4) is 0 Å². The van der Waals surface area contributed by atoms with Crippen LogP contribution in [0.15, 0.2) is 0 Å². The Kier molecular flexibility index (Phi) is 20.2. The van der Waals surface area contributed by atoms with Gasteiger partial charge in [0.2, 0.25) is 0 Å². The third kappa shape index (κ3) is 12.4. The Labute approximate surface area is 318 Å². The fourth-order valence-corrected chi connectivity index (χ4v) is 12.5. The van der Waals surface area contributed by atoms with Crippen molar-refractivity contribution in [1.82, 2.24) is 5.32 Å². The molecule has 5 nitrogen and oxygen atoms in total. The smallest absolute Gasteiger partial charge is 0.0637 e. The molecule has 0 saturated heterocycles. The predicted octanol–water partition coefficient (Wildman–Crippen LogP) is 11.2. The molecule has 0 radical (unpaired) electrons. The van der Waals surface area contributed by atoms with Crippen LogP contribution in [0.1, 0.15) is 195 Å². The van der Waals surface area contributed by atoms with E-state index < -0.39 is 0 Å². The van der Waals surface area contributed by atoms with Crippen LogP contribution in [0, 0.1) is 46.3 Å². The average Bonchev–Trinajstić information content (AvgIpc) is 3.49. The summed E-state index contributed by atoms with van der Waals surface area (Å²) in [5.74, 6) is 4.86. The molecule has 4 rings (SSSR count). The first kappa shape index (κ1) is 43.5. The molecular formula is C46H89N3O2. The molecule has 0 bridgehead atoms. The van der Waals surface area contributed by atoms with Gasteiger partial charge in [0, 0.05) is 13.2 Å². The molecule has 0 amide bonds. The van der Waals surface area contributed by atoms with Crippen molar-refractivity contribution in [2.75, 3.05) is 39.4 Å². The van der Waals surface area contributed by atoms with Crippen molar-refractivity contribution >= 4 is 0 Å². The molecule has 5 heteroatoms. The summed E-state index contributed by atoms with van der Waals surface area (Å²) in [4.78, 5) is 0. The first-order valence-electron chi connectivity index (χ1n) is 23.2. The number of ether oxygens (including phenoxy) is 2. The summed E-state index contributed by atoms with van der Waals surface area (Å²) in [6, 6.07) is 0. The van der Waals surface area contributed by atoms with Gasteiger partial charge < -0.3 is 26.3 Å². The van der Waals surface area contributed by atoms with Crippen molar-refractivity contribution in [3.05, 3.63) is 0 Å². The first-order valence-corrected chi connectivity index (χ1v) is 23.2. The van der Waals surface area contributed by atoms with Gasteiger partial charge in [0.05, 0.1) is 12.2 Å². The number of hydrogen-bond donors (Lipinski definition) is 3. The minimum absolute atomic E-state index is 0.308. The Morgan fingerprint density at radius 1 is 0.647 bits per heavy atom. The summed E-state index contributed by atoms with van der Waals surface area (Å²) in [6.45, 7) is 15.8. The molecule has 4 aliphatic rings. The molecule has 4 aliphatic carbocycles. The fourth-order valence-electron chi connectivity index (χ4n) is 12.5. The highest BCUT2D eigenvalue weighted by Gasteiger charge is 2.64. The number of nitrogens with two attached hydrogens (primary N) is 2. The Morgan fingerprint density at radius 2 is 1.25 bits per heavy atom. The molecule has 0 aliphatic heterocycles. The van der Waals surface area contributed by atoms with Crippen LogP contribution in [0.5, 0.6) is 0 Å². The SMILES string of the molecule is CCCCCCCCCCCCCCCCNCCC[C@@H](C)C1CCC2[C@@H]3CC[C@@H]4C[C@H](OCCCN)CC[C@]4(C)C3C[C@H](OCCCN)[C@@]21C. The number of rotatable bonds is 28. The molecule has 300 valence electrons. The summed E-state index contributed by atoms with van der Waals surface area (Å²) in [7, 11) is 0. The highest BCUT2D eigenvalue weighted by atomic mass is 16.5. The third-order valence-electron chi connectivity index (χ3n) is 15.5. The van der Waals surface area contributed by atoms with Crippen LogP contribution in [0.2, 0.25) is 0 Å². The van der Waals surface area contributed by atoms with Gasteiger partial charge >= 0.3 is 0 Å². The second-order valence-electron chi connectivity index (χ2n) is 18.8. The lowest BCUT2D eigenvalue weighted by atomic mass is 9.43. The molecule has 3 unspecified atom stereocenters. The summed E-state index contributed by atoms with van der Waals surface area (Å²) in [5.41, 5.74) is 12.5. The van der Waals surface area contributed by atoms with E-state index in [1.54, 1.807) is 0 Å². The van der Waals surface area contributed by atoms with Gasteiger partial charge in [0.15, 0.2) is 0 Å². The first-order chi connectivity index (χ1) is 24.9. The lowest BCUT2D eigenvalue weighted by Gasteiger charge is -2.63. The van der Waals surface area contributed by atoms with E-state index >= 15 is 0 Å². The van der Waals surface area contributed by atoms with Crippen LogP contribution in [0.25, 0.3) is 0 Å². The van der Waals surface area contributed by atoms with Crippen molar-refractivity contribution in [2.24, 2.45) is 57.8 Å². The van der Waals surface area contributed by atoms with Gasteiger partial charge in [-0.05, 0) is 156 Å². The molecule has 4 saturated carbocycles. The van der Waals surface area contributed by atoms with Crippen molar-refractivity contribution in [3.63, 3.8) is 0 Å². The lowest BCUT2D eigenvalue weighted by Crippen LogP contribution is -2.59. The average molecular weight is 716 g/mol. The lowest BCUT2D eigenvalue weighted by molar-refractivity contribution is -0.192. The van der Waals surface area contributed by atoms with E-state index in [4.69, 9.17) is 20.9 Å². The second kappa shape index (κ2) is 23.7. The van der Waals surface area contributed by atoms with Gasteiger partial charge in [-0.2, -0.15) is 0 Å². The second-order valence-corrected chi connectivity index (χ2v) is 18.8. The number of unbranched alkanes of at least 4 members (excludes halogenated alkanes) is 13. The van der Waals surface area contributed by atoms with E-state index in [1.165, 1.54) is 167 Å². The topological polar surface area (TPSA) is 82.5 Å². The normalized spacial score (nSPS) is 33.9. The summed E-state index contributed by atoms with van der Waals surface area (Å²) >= 11 is 0. The van der Waals surface area contributed by atoms with E-state index in [0.29, 0.717) is 23.0 Å². The number of hydrogen-bond acceptors (Lipinski definition) is 5. The van der Waals surface area contributed by atoms with Gasteiger partial charge in [0.25, 0.3) is 0 Å². The maximum absolute atomic E-state index is 6.99. The van der Waals surface area contributed by atoms with Gasteiger partial charge in [-0.25, -0.2) is 0 Å². The predicted molar refractivity (Wildman–Crippen MR) is 219 cm³/mol. The quantitative estimate of drug-likeness (QED) is 0.0703. The summed E-state index contributed by atoms with van der Waals surface area (Å²) in [5, 5.41) is 3.82. The Hall–Kier alpha value is -0.200. The molecule has 0 aromatic heterocycles. The van der Waals surface area contributed by atoms with Gasteiger partial charge in [0.1, 0.15) is 0 Å². The van der Waals surface area contributed by atoms with Crippen molar-refractivity contribution in [3.8, 4) is 0 Å². The molecule has 4 fully saturated rings. The standard InChI is InChI=1S/C46H89N3O2/c1-5-6-7-8-9-10-11-12-13-14-15-16-17-18-31-49-32-19-22-37(2)41-25-26-42-40-24-23-38-35-39(50-33-20-29-47)27-28-45(38,3)43(40)36-44(46(41,42)4)51-34-21-30-48/h37-44,49H,5-36,47-48H2,1-4H3/t37-,38-,39-,40+,41?,42?,43?,44+,45+,46-/m1/s1. The van der Waals surface area contributed by atoms with Crippen LogP contribution in [0.4, 0.5) is 0 Å². The maximum atomic E-state index is 6.99. The Morgan fingerprint density at radius 3 is 1.90 bits per heavy atom. The van der Waals surface area contributed by atoms with Crippen molar-refractivity contribution in [2.45, 2.75) is 207 Å². The van der Waals surface area contributed by atoms with E-state index in [2.05, 4.69) is 33.0 Å². The monoisotopic (exact) mass is 716 g/mol. The molecule has 5 N–H and O–H groups in total. The highest BCUT2D eigenvalue weighted by molar-refractivity contribution is 5.13. The van der Waals surface area contributed by atoms with E-state index in [0.717, 1.165) is 74.7 Å². The minimum Gasteiger partial charge on any atom is -0.378 e. The van der Waals surface area contributed by atoms with E-state index in [9.17, 15) is 0 Å². The molecule has 10 atom stereocenters. The molecule has 0 spiro atoms. The highest BCUT2D eigenvalue weighted by Crippen LogP contribution is 2.69. The van der Waals surface area contributed by atoms with Crippen LogP contribution in [-0.4, -0.2) is 51.6 Å². The summed E-state index contributed by atoms with van der Waals surface area (Å²) < 4.78 is 13.3. The van der Waals surface area contributed by atoms with Crippen LogP contribution < -0.4 is 16.8 Å². The van der Waals surface area contributed by atoms with Gasteiger partial charge in [-0.1, -0.05) is 111 Å². The molecule has 0 aromatic carbocycles. The zero-order valence-electron chi connectivity index (χ0n) is 34.7. The van der Waals surface area contributed by atoms with Crippen molar-refractivity contribution < 1.29 is 9.47 Å². The zero-order chi connectivity index (χ0) is 36.4. The third-order valence-corrected chi connectivity index (χ3v) is 15.5. The number of fused-ring (bicyclic) bond motifs is 5. The fraction of sp³-hybridized carbons (Fsp3) is 1.00. The molecule has 0 aromatic rings. The maximum Gasteiger partial charge on any atom is 0.0637 e. The van der Waals surface area contributed by atoms with E-state index in [-0.39, 0.29) is 0 Å². The molecule has 0 heterocycles.